The number of hydrogen-bond acceptors (Lipinski definition) is 3. The molecule has 0 aliphatic carbocycles. The van der Waals surface area contributed by atoms with Gasteiger partial charge in [0.25, 0.3) is 5.91 Å². The van der Waals surface area contributed by atoms with Crippen LogP contribution in [0.2, 0.25) is 0 Å². The molecule has 0 unspecified atom stereocenters. The molecule has 2 N–H and O–H groups in total. The number of unbranched alkanes of at least 4 members (excludes halogenated alkanes) is 1. The van der Waals surface area contributed by atoms with Crippen molar-refractivity contribution in [2.45, 2.75) is 39.5 Å². The minimum Gasteiger partial charge on any atom is -0.492 e. The zero-order valence-corrected chi connectivity index (χ0v) is 17.3. The van der Waals surface area contributed by atoms with E-state index < -0.39 is 0 Å². The molecule has 0 atom stereocenters. The third-order valence-corrected chi connectivity index (χ3v) is 4.45. The van der Waals surface area contributed by atoms with E-state index in [4.69, 9.17) is 4.74 Å². The van der Waals surface area contributed by atoms with Crippen molar-refractivity contribution in [2.24, 2.45) is 0 Å². The van der Waals surface area contributed by atoms with E-state index in [9.17, 15) is 9.59 Å². The fourth-order valence-corrected chi connectivity index (χ4v) is 2.91. The van der Waals surface area contributed by atoms with Crippen LogP contribution in [0.5, 0.6) is 5.75 Å². The van der Waals surface area contributed by atoms with Crippen LogP contribution in [0.4, 0.5) is 11.4 Å². The first-order chi connectivity index (χ1) is 13.0. The van der Waals surface area contributed by atoms with Gasteiger partial charge in [-0.05, 0) is 65.2 Å². The average molecular weight is 433 g/mol. The molecule has 5 nitrogen and oxygen atoms in total. The Bertz CT molecular complexity index is 793. The quantitative estimate of drug-likeness (QED) is 0.505. The van der Waals surface area contributed by atoms with Crippen LogP contribution in [-0.4, -0.2) is 18.4 Å². The normalized spacial score (nSPS) is 10.3. The van der Waals surface area contributed by atoms with Crippen LogP contribution < -0.4 is 15.4 Å². The second kappa shape index (κ2) is 10.7. The number of carbonyl (C=O) groups excluding carboxylic acids is 2. The van der Waals surface area contributed by atoms with Crippen LogP contribution in [0.3, 0.4) is 0 Å². The fraction of sp³-hybridized carbons (Fsp3) is 0.333. The molecule has 0 aliphatic rings. The Balaban J connectivity index is 2.02. The van der Waals surface area contributed by atoms with Crippen molar-refractivity contribution in [1.82, 2.24) is 0 Å². The molecule has 2 aromatic carbocycles. The lowest BCUT2D eigenvalue weighted by Crippen LogP contribution is -2.13. The molecule has 0 radical (unpaired) electrons. The van der Waals surface area contributed by atoms with Crippen LogP contribution >= 0.6 is 15.9 Å². The summed E-state index contributed by atoms with van der Waals surface area (Å²) in [6.45, 7) is 4.71. The molecule has 0 saturated heterocycles. The van der Waals surface area contributed by atoms with Gasteiger partial charge < -0.3 is 15.4 Å². The van der Waals surface area contributed by atoms with E-state index >= 15 is 0 Å². The van der Waals surface area contributed by atoms with Gasteiger partial charge in [-0.3, -0.25) is 9.59 Å². The Morgan fingerprint density at radius 3 is 2.41 bits per heavy atom. The molecule has 2 rings (SSSR count). The maximum absolute atomic E-state index is 12.5. The Labute approximate surface area is 168 Å². The Morgan fingerprint density at radius 2 is 1.74 bits per heavy atom. The number of ether oxygens (including phenoxy) is 1. The van der Waals surface area contributed by atoms with Crippen molar-refractivity contribution < 1.29 is 14.3 Å². The molecule has 0 heterocycles. The molecule has 0 aromatic heterocycles. The summed E-state index contributed by atoms with van der Waals surface area (Å²) in [6.07, 6.45) is 3.31. The smallest absolute Gasteiger partial charge is 0.255 e. The predicted molar refractivity (Wildman–Crippen MR) is 112 cm³/mol. The van der Waals surface area contributed by atoms with Crippen molar-refractivity contribution in [3.8, 4) is 5.75 Å². The zero-order chi connectivity index (χ0) is 19.6. The van der Waals surface area contributed by atoms with Gasteiger partial charge in [0.2, 0.25) is 5.91 Å². The number of anilines is 2. The highest BCUT2D eigenvalue weighted by Crippen LogP contribution is 2.27. The molecular formula is C21H25BrN2O3. The second-order valence-electron chi connectivity index (χ2n) is 6.18. The standard InChI is InChI=1S/C21H25BrN2O3/c1-3-5-12-27-19-11-10-15(13-18(19)22)21(26)24-17-9-6-8-16(14-17)23-20(25)7-4-2/h6,8-11,13-14H,3-5,7,12H2,1-2H3,(H,23,25)(H,24,26). The van der Waals surface area contributed by atoms with Gasteiger partial charge in [0.05, 0.1) is 11.1 Å². The van der Waals surface area contributed by atoms with Gasteiger partial charge in [0.15, 0.2) is 0 Å². The molecule has 144 valence electrons. The Hall–Kier alpha value is -2.34. The Morgan fingerprint density at radius 1 is 1.00 bits per heavy atom. The number of benzene rings is 2. The molecule has 2 amide bonds. The number of carbonyl (C=O) groups is 2. The average Bonchev–Trinajstić information content (AvgIpc) is 2.63. The largest absolute Gasteiger partial charge is 0.492 e. The summed E-state index contributed by atoms with van der Waals surface area (Å²) >= 11 is 3.45. The van der Waals surface area contributed by atoms with Crippen molar-refractivity contribution in [3.63, 3.8) is 0 Å². The topological polar surface area (TPSA) is 67.4 Å². The maximum atomic E-state index is 12.5. The SMILES string of the molecule is CCCCOc1ccc(C(=O)Nc2cccc(NC(=O)CCC)c2)cc1Br. The first kappa shape index (κ1) is 21.0. The van der Waals surface area contributed by atoms with Crippen LogP contribution in [0.25, 0.3) is 0 Å². The predicted octanol–water partition coefficient (Wildman–Crippen LogP) is 5.62. The highest BCUT2D eigenvalue weighted by atomic mass is 79.9. The van der Waals surface area contributed by atoms with E-state index in [-0.39, 0.29) is 11.8 Å². The molecule has 27 heavy (non-hydrogen) atoms. The number of hydrogen-bond donors (Lipinski definition) is 2. The van der Waals surface area contributed by atoms with Crippen LogP contribution in [-0.2, 0) is 4.79 Å². The summed E-state index contributed by atoms with van der Waals surface area (Å²) in [6, 6.07) is 12.4. The van der Waals surface area contributed by atoms with E-state index in [0.717, 1.165) is 29.5 Å². The first-order valence-corrected chi connectivity index (χ1v) is 9.96. The lowest BCUT2D eigenvalue weighted by molar-refractivity contribution is -0.116. The first-order valence-electron chi connectivity index (χ1n) is 9.17. The van der Waals surface area contributed by atoms with Crippen molar-refractivity contribution in [2.75, 3.05) is 17.2 Å². The van der Waals surface area contributed by atoms with Gasteiger partial charge in [0, 0.05) is 23.4 Å². The molecule has 0 bridgehead atoms. The highest BCUT2D eigenvalue weighted by molar-refractivity contribution is 9.10. The summed E-state index contributed by atoms with van der Waals surface area (Å²) < 4.78 is 6.43. The molecular weight excluding hydrogens is 408 g/mol. The zero-order valence-electron chi connectivity index (χ0n) is 15.7. The highest BCUT2D eigenvalue weighted by Gasteiger charge is 2.10. The van der Waals surface area contributed by atoms with Gasteiger partial charge >= 0.3 is 0 Å². The molecule has 0 aliphatic heterocycles. The number of halogens is 1. The van der Waals surface area contributed by atoms with Crippen molar-refractivity contribution >= 4 is 39.1 Å². The minimum atomic E-state index is -0.229. The molecule has 2 aromatic rings. The second-order valence-corrected chi connectivity index (χ2v) is 7.03. The van der Waals surface area contributed by atoms with Crippen LogP contribution in [0.15, 0.2) is 46.9 Å². The summed E-state index contributed by atoms with van der Waals surface area (Å²) in [5.74, 6) is 0.456. The summed E-state index contributed by atoms with van der Waals surface area (Å²) in [5.41, 5.74) is 1.80. The van der Waals surface area contributed by atoms with Crippen LogP contribution in [0, 0.1) is 0 Å². The lowest BCUT2D eigenvalue weighted by Gasteiger charge is -2.11. The van der Waals surface area contributed by atoms with E-state index in [2.05, 4.69) is 33.5 Å². The fourth-order valence-electron chi connectivity index (χ4n) is 2.41. The Kier molecular flexibility index (Phi) is 8.33. The van der Waals surface area contributed by atoms with Crippen molar-refractivity contribution in [1.29, 1.82) is 0 Å². The molecule has 0 fully saturated rings. The van der Waals surface area contributed by atoms with E-state index in [1.54, 1.807) is 42.5 Å². The van der Waals surface area contributed by atoms with Gasteiger partial charge in [-0.2, -0.15) is 0 Å². The summed E-state index contributed by atoms with van der Waals surface area (Å²) in [7, 11) is 0. The lowest BCUT2D eigenvalue weighted by atomic mass is 10.2. The number of amides is 2. The number of nitrogens with one attached hydrogen (secondary N) is 2. The number of rotatable bonds is 9. The molecule has 0 saturated carbocycles. The minimum absolute atomic E-state index is 0.0384. The maximum Gasteiger partial charge on any atom is 0.255 e. The monoisotopic (exact) mass is 432 g/mol. The van der Waals surface area contributed by atoms with Gasteiger partial charge in [-0.1, -0.05) is 26.3 Å². The van der Waals surface area contributed by atoms with E-state index in [0.29, 0.717) is 30.0 Å². The van der Waals surface area contributed by atoms with Crippen LogP contribution in [0.1, 0.15) is 49.9 Å². The van der Waals surface area contributed by atoms with Gasteiger partial charge in [-0.25, -0.2) is 0 Å². The van der Waals surface area contributed by atoms with Crippen molar-refractivity contribution in [3.05, 3.63) is 52.5 Å². The van der Waals surface area contributed by atoms with E-state index in [1.165, 1.54) is 0 Å². The molecule has 6 heteroatoms. The molecule has 0 spiro atoms. The van der Waals surface area contributed by atoms with Gasteiger partial charge in [0.1, 0.15) is 5.75 Å². The van der Waals surface area contributed by atoms with E-state index in [1.807, 2.05) is 6.92 Å². The van der Waals surface area contributed by atoms with Gasteiger partial charge in [-0.15, -0.1) is 0 Å². The summed E-state index contributed by atoms with van der Waals surface area (Å²) in [5, 5.41) is 5.67. The summed E-state index contributed by atoms with van der Waals surface area (Å²) in [4.78, 5) is 24.2. The third kappa shape index (κ3) is 6.71. The third-order valence-electron chi connectivity index (χ3n) is 3.83.